The van der Waals surface area contributed by atoms with E-state index in [9.17, 15) is 9.90 Å². The summed E-state index contributed by atoms with van der Waals surface area (Å²) in [4.78, 5) is 12.6. The van der Waals surface area contributed by atoms with Gasteiger partial charge >= 0.3 is 0 Å². The van der Waals surface area contributed by atoms with Gasteiger partial charge in [0, 0.05) is 18.2 Å². The fraction of sp³-hybridized carbons (Fsp3) is 0.655. The Kier molecular flexibility index (Phi) is 31.2. The Balaban J connectivity index is -0.000000321. The van der Waals surface area contributed by atoms with E-state index < -0.39 is 0 Å². The molecule has 0 aliphatic heterocycles. The number of hydrogen-bond acceptors (Lipinski definition) is 4. The van der Waals surface area contributed by atoms with Gasteiger partial charge in [-0.15, -0.1) is 0 Å². The number of aryl methyl sites for hydroxylation is 1. The second kappa shape index (κ2) is 27.1. The summed E-state index contributed by atoms with van der Waals surface area (Å²) in [6, 6.07) is 6.79. The number of benzene rings is 1. The Morgan fingerprint density at radius 1 is 0.882 bits per heavy atom. The quantitative estimate of drug-likeness (QED) is 0.463. The third-order valence-corrected chi connectivity index (χ3v) is 3.76. The maximum Gasteiger partial charge on any atom is 0.272 e. The molecule has 0 spiro atoms. The molecule has 0 saturated carbocycles. The molecule has 0 aliphatic carbocycles. The van der Waals surface area contributed by atoms with Gasteiger partial charge in [-0.1, -0.05) is 108 Å². The molecule has 0 saturated heterocycles. The molecule has 2 aromatic rings. The van der Waals surface area contributed by atoms with E-state index in [1.807, 2.05) is 55.4 Å². The lowest BCUT2D eigenvalue weighted by Crippen LogP contribution is -2.31. The fourth-order valence-corrected chi connectivity index (χ4v) is 2.64. The number of nitrogens with zero attached hydrogens (tertiary/aromatic N) is 2. The highest BCUT2D eigenvalue weighted by Crippen LogP contribution is 2.26. The second-order valence-electron chi connectivity index (χ2n) is 6.78. The summed E-state index contributed by atoms with van der Waals surface area (Å²) >= 11 is 0. The van der Waals surface area contributed by atoms with Crippen molar-refractivity contribution in [1.82, 2.24) is 9.78 Å². The summed E-state index contributed by atoms with van der Waals surface area (Å²) in [6.07, 6.45) is 3.80. The summed E-state index contributed by atoms with van der Waals surface area (Å²) in [5.41, 5.74) is 2.94. The van der Waals surface area contributed by atoms with Crippen LogP contribution in [0.4, 0.5) is 0 Å². The van der Waals surface area contributed by atoms with Crippen molar-refractivity contribution in [2.45, 2.75) is 122 Å². The lowest BCUT2D eigenvalue weighted by Gasteiger charge is -2.19. The van der Waals surface area contributed by atoms with E-state index >= 15 is 0 Å². The minimum absolute atomic E-state index is 0.144. The topological polar surface area (TPSA) is 64.3 Å². The molecule has 1 aromatic carbocycles. The third-order valence-electron chi connectivity index (χ3n) is 3.76. The lowest BCUT2D eigenvalue weighted by atomic mass is 10.0. The normalized spacial score (nSPS) is 9.59. The largest absolute Gasteiger partial charge is 0.508 e. The zero-order valence-electron chi connectivity index (χ0n) is 24.9. The average molecular weight is 481 g/mol. The van der Waals surface area contributed by atoms with Crippen LogP contribution in [0.1, 0.15) is 119 Å². The number of aromatic nitrogens is 2. The molecule has 5 heteroatoms. The summed E-state index contributed by atoms with van der Waals surface area (Å²) in [5.74, 6) is 0.197. The first-order chi connectivity index (χ1) is 16.3. The molecule has 0 amide bonds. The van der Waals surface area contributed by atoms with Crippen LogP contribution in [-0.4, -0.2) is 22.0 Å². The van der Waals surface area contributed by atoms with Crippen molar-refractivity contribution in [3.05, 3.63) is 45.9 Å². The number of rotatable bonds is 5. The maximum absolute atomic E-state index is 12.6. The van der Waals surface area contributed by atoms with Crippen LogP contribution in [0.5, 0.6) is 5.75 Å². The van der Waals surface area contributed by atoms with E-state index in [1.54, 1.807) is 38.3 Å². The van der Waals surface area contributed by atoms with Crippen molar-refractivity contribution < 1.29 is 9.84 Å². The summed E-state index contributed by atoms with van der Waals surface area (Å²) in [6.45, 7) is 26.2. The van der Waals surface area contributed by atoms with Gasteiger partial charge in [-0.05, 0) is 38.0 Å². The summed E-state index contributed by atoms with van der Waals surface area (Å²) < 4.78 is 6.82. The molecule has 0 aliphatic rings. The highest BCUT2D eigenvalue weighted by Gasteiger charge is 2.18. The van der Waals surface area contributed by atoms with Gasteiger partial charge in [-0.2, -0.15) is 5.10 Å². The Bertz CT molecular complexity index is 736. The number of phenolic OH excluding ortho intramolecular Hbond substituents is 1. The molecule has 1 N–H and O–H groups in total. The molecule has 0 fully saturated rings. The van der Waals surface area contributed by atoms with Crippen molar-refractivity contribution in [3.63, 3.8) is 0 Å². The van der Waals surface area contributed by atoms with Gasteiger partial charge in [0.05, 0.1) is 5.69 Å². The number of hydrogen-bond donors (Lipinski definition) is 1. The van der Waals surface area contributed by atoms with Crippen LogP contribution in [0.2, 0.25) is 0 Å². The predicted molar refractivity (Wildman–Crippen MR) is 152 cm³/mol. The number of phenols is 1. The minimum Gasteiger partial charge on any atom is -0.508 e. The van der Waals surface area contributed by atoms with E-state index in [0.717, 1.165) is 29.7 Å². The SMILES string of the molecule is CC.CC.CC.CCC.CCC.CCCC(OC)n1nc(C)c(-c2ccc(O)cc2)c(C)c1=O. The van der Waals surface area contributed by atoms with Crippen LogP contribution < -0.4 is 5.56 Å². The van der Waals surface area contributed by atoms with Crippen molar-refractivity contribution in [2.24, 2.45) is 0 Å². The molecule has 1 aromatic heterocycles. The summed E-state index contributed by atoms with van der Waals surface area (Å²) in [7, 11) is 1.59. The molecule has 0 bridgehead atoms. The predicted octanol–water partition coefficient (Wildman–Crippen LogP) is 9.09. The molecular weight excluding hydrogens is 424 g/mol. The van der Waals surface area contributed by atoms with E-state index in [2.05, 4.69) is 32.8 Å². The smallest absolute Gasteiger partial charge is 0.272 e. The van der Waals surface area contributed by atoms with Gasteiger partial charge in [-0.25, -0.2) is 4.68 Å². The van der Waals surface area contributed by atoms with Gasteiger partial charge in [0.15, 0.2) is 6.23 Å². The lowest BCUT2D eigenvalue weighted by molar-refractivity contribution is 0.0218. The number of ether oxygens (including phenoxy) is 1. The van der Waals surface area contributed by atoms with Crippen molar-refractivity contribution in [1.29, 1.82) is 0 Å². The maximum atomic E-state index is 12.6. The van der Waals surface area contributed by atoms with Gasteiger partial charge in [0.2, 0.25) is 0 Å². The fourth-order valence-electron chi connectivity index (χ4n) is 2.64. The monoisotopic (exact) mass is 480 g/mol. The first-order valence-corrected chi connectivity index (χ1v) is 13.2. The van der Waals surface area contributed by atoms with E-state index in [0.29, 0.717) is 5.56 Å². The van der Waals surface area contributed by atoms with Gasteiger partial charge in [0.25, 0.3) is 5.56 Å². The highest BCUT2D eigenvalue weighted by atomic mass is 16.5. The minimum atomic E-state index is -0.344. The highest BCUT2D eigenvalue weighted by molar-refractivity contribution is 5.69. The molecule has 5 nitrogen and oxygen atoms in total. The van der Waals surface area contributed by atoms with Crippen LogP contribution in [0.3, 0.4) is 0 Å². The van der Waals surface area contributed by atoms with Gasteiger partial charge < -0.3 is 9.84 Å². The standard InChI is InChI=1S/C17H22N2O3.2C3H8.3C2H6/c1-5-6-15(22-4)19-17(21)11(2)16(12(3)18-19)13-7-9-14(20)10-8-13;2*1-3-2;3*1-2/h7-10,15,20H,5-6H2,1-4H3;2*3H2,1-2H3;3*1-2H3. The van der Waals surface area contributed by atoms with E-state index in [4.69, 9.17) is 4.74 Å². The first-order valence-electron chi connectivity index (χ1n) is 13.2. The molecular formula is C29H56N2O3. The second-order valence-corrected chi connectivity index (χ2v) is 6.78. The molecule has 34 heavy (non-hydrogen) atoms. The third kappa shape index (κ3) is 14.9. The van der Waals surface area contributed by atoms with Crippen molar-refractivity contribution in [3.8, 4) is 16.9 Å². The summed E-state index contributed by atoms with van der Waals surface area (Å²) in [5, 5.41) is 13.8. The Morgan fingerprint density at radius 2 is 1.29 bits per heavy atom. The molecule has 0 radical (unpaired) electrons. The van der Waals surface area contributed by atoms with Crippen molar-refractivity contribution in [2.75, 3.05) is 7.11 Å². The van der Waals surface area contributed by atoms with Crippen LogP contribution in [-0.2, 0) is 4.74 Å². The van der Waals surface area contributed by atoms with Crippen LogP contribution in [0.25, 0.3) is 11.1 Å². The van der Waals surface area contributed by atoms with Gasteiger partial charge in [-0.3, -0.25) is 4.79 Å². The van der Waals surface area contributed by atoms with E-state index in [1.165, 1.54) is 17.5 Å². The molecule has 1 heterocycles. The Labute approximate surface area is 211 Å². The van der Waals surface area contributed by atoms with Crippen LogP contribution in [0.15, 0.2) is 29.1 Å². The number of methoxy groups -OCH3 is 1. The van der Waals surface area contributed by atoms with Crippen molar-refractivity contribution >= 4 is 0 Å². The first kappa shape index (κ1) is 39.1. The van der Waals surface area contributed by atoms with Crippen LogP contribution in [0, 0.1) is 13.8 Å². The molecule has 200 valence electrons. The zero-order chi connectivity index (χ0) is 27.7. The molecule has 1 unspecified atom stereocenters. The Hall–Kier alpha value is -2.14. The van der Waals surface area contributed by atoms with Gasteiger partial charge in [0.1, 0.15) is 5.75 Å². The molecule has 1 atom stereocenters. The molecule has 2 rings (SSSR count). The average Bonchev–Trinajstić information content (AvgIpc) is 2.86. The number of aromatic hydroxyl groups is 1. The van der Waals surface area contributed by atoms with Crippen LogP contribution >= 0.6 is 0 Å². The van der Waals surface area contributed by atoms with E-state index in [-0.39, 0.29) is 17.5 Å². The Morgan fingerprint density at radius 3 is 1.65 bits per heavy atom. The zero-order valence-corrected chi connectivity index (χ0v) is 24.9.